The van der Waals surface area contributed by atoms with Crippen LogP contribution in [-0.4, -0.2) is 62.6 Å². The van der Waals surface area contributed by atoms with Gasteiger partial charge < -0.3 is 15.0 Å². The Morgan fingerprint density at radius 3 is 2.16 bits per heavy atom. The molecule has 0 saturated heterocycles. The van der Waals surface area contributed by atoms with Crippen molar-refractivity contribution < 1.29 is 17.9 Å². The van der Waals surface area contributed by atoms with E-state index in [9.17, 15) is 18.0 Å². The number of hydrogen-bond acceptors (Lipinski definition) is 8. The molecule has 1 aromatic heterocycles. The molecule has 0 radical (unpaired) electrons. The van der Waals surface area contributed by atoms with Gasteiger partial charge in [-0.1, -0.05) is 95.8 Å². The molecular formula is C46H66N6O5S. The Kier molecular flexibility index (Phi) is 18.4. The van der Waals surface area contributed by atoms with Crippen molar-refractivity contribution in [2.45, 2.75) is 124 Å². The zero-order chi connectivity index (χ0) is 42.1. The summed E-state index contributed by atoms with van der Waals surface area (Å²) in [4.78, 5) is 40.5. The van der Waals surface area contributed by atoms with Crippen molar-refractivity contribution in [3.05, 3.63) is 88.0 Å². The molecule has 1 heterocycles. The van der Waals surface area contributed by atoms with Crippen molar-refractivity contribution in [1.82, 2.24) is 14.3 Å². The van der Waals surface area contributed by atoms with E-state index >= 15 is 0 Å². The monoisotopic (exact) mass is 814 g/mol. The number of aliphatic imine (C=N–C) groups is 1. The van der Waals surface area contributed by atoms with Crippen LogP contribution >= 0.6 is 0 Å². The summed E-state index contributed by atoms with van der Waals surface area (Å²) in [5.74, 6) is 0.153. The van der Waals surface area contributed by atoms with Crippen LogP contribution < -0.4 is 25.2 Å². The van der Waals surface area contributed by atoms with Gasteiger partial charge in [-0.3, -0.25) is 14.2 Å². The summed E-state index contributed by atoms with van der Waals surface area (Å²) in [7, 11) is -1.74. The molecule has 0 aliphatic carbocycles. The Bertz CT molecular complexity index is 2150. The molecule has 58 heavy (non-hydrogen) atoms. The number of anilines is 2. The van der Waals surface area contributed by atoms with Crippen molar-refractivity contribution in [2.75, 3.05) is 43.2 Å². The van der Waals surface area contributed by atoms with Crippen LogP contribution in [-0.2, 0) is 21.2 Å². The molecule has 0 saturated carbocycles. The quantitative estimate of drug-likeness (QED) is 0.0503. The van der Waals surface area contributed by atoms with Crippen molar-refractivity contribution in [3.8, 4) is 5.75 Å². The van der Waals surface area contributed by atoms with Crippen LogP contribution in [0.15, 0.2) is 70.5 Å². The highest BCUT2D eigenvalue weighted by molar-refractivity contribution is 7.88. The molecule has 316 valence electrons. The number of carbonyl (C=O) groups excluding carboxylic acids is 1. The van der Waals surface area contributed by atoms with E-state index in [1.165, 1.54) is 68.8 Å². The molecule has 12 heteroatoms. The van der Waals surface area contributed by atoms with E-state index in [4.69, 9.17) is 14.7 Å². The van der Waals surface area contributed by atoms with E-state index in [2.05, 4.69) is 21.9 Å². The molecule has 0 bridgehead atoms. The van der Waals surface area contributed by atoms with Crippen molar-refractivity contribution in [3.63, 3.8) is 0 Å². The van der Waals surface area contributed by atoms with Crippen molar-refractivity contribution in [1.29, 1.82) is 0 Å². The minimum Gasteiger partial charge on any atom is -0.495 e. The lowest BCUT2D eigenvalue weighted by Gasteiger charge is -2.24. The van der Waals surface area contributed by atoms with E-state index in [0.29, 0.717) is 41.1 Å². The molecular weight excluding hydrogens is 749 g/mol. The minimum atomic E-state index is -3.31. The highest BCUT2D eigenvalue weighted by atomic mass is 32.2. The van der Waals surface area contributed by atoms with Gasteiger partial charge in [-0.2, -0.15) is 0 Å². The SMILES string of the molecule is CCCCCCCCCCCCCCc1ccc(OC)c(NC(=O)C(=Nc2ccc(N(CC)CCNS(C)(=O)=O)cc2C)c2nc3ccccc3c(=O)n2C(C)C)c1. The molecule has 1 amide bonds. The molecule has 0 aliphatic rings. The molecule has 4 rings (SSSR count). The lowest BCUT2D eigenvalue weighted by Crippen LogP contribution is -2.35. The lowest BCUT2D eigenvalue weighted by atomic mass is 10.0. The first-order valence-electron chi connectivity index (χ1n) is 21.3. The molecule has 0 aliphatic heterocycles. The summed E-state index contributed by atoms with van der Waals surface area (Å²) >= 11 is 0. The first kappa shape index (κ1) is 46.1. The third kappa shape index (κ3) is 13.8. The summed E-state index contributed by atoms with van der Waals surface area (Å²) < 4.78 is 33.1. The van der Waals surface area contributed by atoms with Crippen LogP contribution in [0.2, 0.25) is 0 Å². The number of unbranched alkanes of at least 4 members (excludes halogenated alkanes) is 11. The van der Waals surface area contributed by atoms with Gasteiger partial charge in [0.05, 0.1) is 35.6 Å². The second-order valence-corrected chi connectivity index (χ2v) is 17.4. The molecule has 0 fully saturated rings. The molecule has 0 spiro atoms. The summed E-state index contributed by atoms with van der Waals surface area (Å²) in [6.45, 7) is 11.3. The zero-order valence-corrected chi connectivity index (χ0v) is 36.7. The Balaban J connectivity index is 1.60. The number of sulfonamides is 1. The van der Waals surface area contributed by atoms with E-state index in [0.717, 1.165) is 42.3 Å². The number of aromatic nitrogens is 2. The van der Waals surface area contributed by atoms with Gasteiger partial charge in [0.15, 0.2) is 11.5 Å². The third-order valence-corrected chi connectivity index (χ3v) is 11.2. The fourth-order valence-corrected chi connectivity index (χ4v) is 7.73. The Morgan fingerprint density at radius 2 is 1.55 bits per heavy atom. The second-order valence-electron chi connectivity index (χ2n) is 15.5. The van der Waals surface area contributed by atoms with Gasteiger partial charge in [-0.05, 0) is 94.1 Å². The van der Waals surface area contributed by atoms with Crippen LogP contribution in [0.1, 0.15) is 128 Å². The number of benzene rings is 3. The van der Waals surface area contributed by atoms with Gasteiger partial charge in [0.25, 0.3) is 11.5 Å². The largest absolute Gasteiger partial charge is 0.495 e. The van der Waals surface area contributed by atoms with Crippen LogP contribution in [0.3, 0.4) is 0 Å². The van der Waals surface area contributed by atoms with E-state index < -0.39 is 15.9 Å². The van der Waals surface area contributed by atoms with Gasteiger partial charge >= 0.3 is 0 Å². The van der Waals surface area contributed by atoms with E-state index in [-0.39, 0.29) is 29.7 Å². The molecule has 3 aromatic carbocycles. The number of fused-ring (bicyclic) bond motifs is 1. The predicted octanol–water partition coefficient (Wildman–Crippen LogP) is 9.67. The summed E-state index contributed by atoms with van der Waals surface area (Å²) in [5.41, 5.74) is 4.03. The Labute approximate surface area is 346 Å². The highest BCUT2D eigenvalue weighted by Gasteiger charge is 2.25. The molecule has 0 atom stereocenters. The van der Waals surface area contributed by atoms with Gasteiger partial charge in [0, 0.05) is 31.4 Å². The normalized spacial score (nSPS) is 12.0. The van der Waals surface area contributed by atoms with Crippen LogP contribution in [0.5, 0.6) is 5.75 Å². The van der Waals surface area contributed by atoms with Gasteiger partial charge in [0.1, 0.15) is 5.75 Å². The number of ether oxygens (including phenoxy) is 1. The van der Waals surface area contributed by atoms with E-state index in [1.807, 2.05) is 70.2 Å². The number of para-hydroxylation sites is 1. The van der Waals surface area contributed by atoms with Crippen LogP contribution in [0, 0.1) is 6.92 Å². The highest BCUT2D eigenvalue weighted by Crippen LogP contribution is 2.29. The summed E-state index contributed by atoms with van der Waals surface area (Å²) in [6, 6.07) is 18.4. The minimum absolute atomic E-state index is 0.00878. The topological polar surface area (TPSA) is 135 Å². The van der Waals surface area contributed by atoms with E-state index in [1.54, 1.807) is 25.3 Å². The number of methoxy groups -OCH3 is 1. The Hall–Kier alpha value is -4.55. The standard InChI is InChI=1S/C46H66N6O5S/c1-8-10-11-12-13-14-15-16-17-18-19-20-23-36-26-29-42(57-6)41(33-36)50-45(53)43(44-49-40-25-22-21-24-38(40)46(54)52(44)34(3)4)48-39-28-27-37(32-35(39)5)51(9-2)31-30-47-58(7,55)56/h21-22,24-29,32-34,47H,8-20,23,30-31H2,1-7H3,(H,50,53). The number of amides is 1. The molecule has 11 nitrogen and oxygen atoms in total. The van der Waals surface area contributed by atoms with Gasteiger partial charge in [-0.15, -0.1) is 0 Å². The lowest BCUT2D eigenvalue weighted by molar-refractivity contribution is -0.110. The summed E-state index contributed by atoms with van der Waals surface area (Å²) in [5, 5.41) is 3.54. The maximum absolute atomic E-state index is 14.6. The Morgan fingerprint density at radius 1 is 0.897 bits per heavy atom. The average molecular weight is 815 g/mol. The van der Waals surface area contributed by atoms with Gasteiger partial charge in [0.2, 0.25) is 10.0 Å². The molecule has 4 aromatic rings. The summed E-state index contributed by atoms with van der Waals surface area (Å²) in [6.07, 6.45) is 17.5. The molecule has 2 N–H and O–H groups in total. The number of nitrogens with one attached hydrogen (secondary N) is 2. The maximum atomic E-state index is 14.6. The first-order valence-corrected chi connectivity index (χ1v) is 23.1. The van der Waals surface area contributed by atoms with Gasteiger partial charge in [-0.25, -0.2) is 23.1 Å². The number of carbonyl (C=O) groups is 1. The fraction of sp³-hybridized carbons (Fsp3) is 0.522. The smallest absolute Gasteiger partial charge is 0.278 e. The second kappa shape index (κ2) is 23.1. The maximum Gasteiger partial charge on any atom is 0.278 e. The number of hydrogen-bond donors (Lipinski definition) is 2. The van der Waals surface area contributed by atoms with Crippen molar-refractivity contribution >= 4 is 49.6 Å². The number of nitrogens with zero attached hydrogens (tertiary/aromatic N) is 4. The first-order chi connectivity index (χ1) is 27.9. The third-order valence-electron chi connectivity index (χ3n) is 10.5. The zero-order valence-electron chi connectivity index (χ0n) is 35.9. The van der Waals surface area contributed by atoms with Crippen LogP contribution in [0.4, 0.5) is 17.1 Å². The fourth-order valence-electron chi connectivity index (χ4n) is 7.27. The predicted molar refractivity (Wildman–Crippen MR) is 241 cm³/mol. The number of likely N-dealkylation sites (N-methyl/N-ethyl adjacent to an activating group) is 1. The molecule has 0 unspecified atom stereocenters. The number of rotatable bonds is 25. The average Bonchev–Trinajstić information content (AvgIpc) is 3.19. The van der Waals surface area contributed by atoms with Crippen LogP contribution in [0.25, 0.3) is 10.9 Å². The van der Waals surface area contributed by atoms with Crippen molar-refractivity contribution in [2.24, 2.45) is 4.99 Å². The number of aryl methyl sites for hydroxylation is 2.